The van der Waals surface area contributed by atoms with Crippen molar-refractivity contribution in [2.24, 2.45) is 5.10 Å². The van der Waals surface area contributed by atoms with E-state index in [0.717, 1.165) is 21.0 Å². The van der Waals surface area contributed by atoms with Crippen LogP contribution in [0.5, 0.6) is 0 Å². The second-order valence-electron chi connectivity index (χ2n) is 7.61. The molecule has 34 heavy (non-hydrogen) atoms. The van der Waals surface area contributed by atoms with Crippen LogP contribution in [0.15, 0.2) is 76.7 Å². The zero-order valence-electron chi connectivity index (χ0n) is 17.6. The van der Waals surface area contributed by atoms with Gasteiger partial charge in [-0.05, 0) is 53.3 Å². The maximum absolute atomic E-state index is 14.3. The molecule has 0 aliphatic carbocycles. The largest absolute Gasteiger partial charge is 0.459 e. The molecule has 3 aromatic rings. The van der Waals surface area contributed by atoms with Crippen LogP contribution in [0, 0.1) is 0 Å². The molecule has 10 heteroatoms. The first-order chi connectivity index (χ1) is 16.0. The molecule has 0 bridgehead atoms. The second-order valence-corrected chi connectivity index (χ2v) is 9.30. The van der Waals surface area contributed by atoms with Crippen molar-refractivity contribution < 1.29 is 22.0 Å². The third-order valence-electron chi connectivity index (χ3n) is 5.49. The number of anilines is 1. The van der Waals surface area contributed by atoms with Crippen molar-refractivity contribution in [1.29, 1.82) is 0 Å². The van der Waals surface area contributed by atoms with Crippen molar-refractivity contribution in [3.8, 4) is 11.1 Å². The number of hydrazone groups is 1. The van der Waals surface area contributed by atoms with Gasteiger partial charge in [-0.25, -0.2) is 0 Å². The third-order valence-corrected chi connectivity index (χ3v) is 6.84. The number of halogens is 7. The average Bonchev–Trinajstić information content (AvgIpc) is 3.24. The average molecular weight is 531 g/mol. The van der Waals surface area contributed by atoms with Crippen LogP contribution in [-0.2, 0) is 0 Å². The van der Waals surface area contributed by atoms with Crippen LogP contribution in [0.2, 0.25) is 10.0 Å². The summed E-state index contributed by atoms with van der Waals surface area (Å²) in [6.45, 7) is 0. The molecule has 2 nitrogen and oxygen atoms in total. The lowest BCUT2D eigenvalue weighted by Gasteiger charge is -2.26. The Bertz CT molecular complexity index is 1210. The number of nitrogens with zero attached hydrogens (tertiary/aromatic N) is 2. The molecular weight excluding hydrogens is 514 g/mol. The van der Waals surface area contributed by atoms with Crippen molar-refractivity contribution in [3.05, 3.63) is 82.3 Å². The number of rotatable bonds is 5. The van der Waals surface area contributed by atoms with E-state index in [-0.39, 0.29) is 15.7 Å². The van der Waals surface area contributed by atoms with Gasteiger partial charge >= 0.3 is 12.1 Å². The lowest BCUT2D eigenvalue weighted by molar-refractivity contribution is -0.249. The molecule has 0 aromatic heterocycles. The van der Waals surface area contributed by atoms with Gasteiger partial charge < -0.3 is 0 Å². The standard InChI is InChI=1S/C24H17Cl2F5N2S/c1-34-17-10-8-14(9-11-17)15-4-2-5-16(12-15)20-13-21(23(27,28)24(29,30)31)32-33(20)22-18(25)6-3-7-19(22)26/h2-12,20H,13H2,1H3. The zero-order chi connectivity index (χ0) is 24.7. The topological polar surface area (TPSA) is 15.6 Å². The molecule has 4 rings (SSSR count). The Morgan fingerprint density at radius 3 is 2.09 bits per heavy atom. The molecule has 1 heterocycles. The second kappa shape index (κ2) is 9.40. The summed E-state index contributed by atoms with van der Waals surface area (Å²) < 4.78 is 68.0. The first-order valence-corrected chi connectivity index (χ1v) is 12.0. The molecule has 0 saturated carbocycles. The minimum atomic E-state index is -5.78. The summed E-state index contributed by atoms with van der Waals surface area (Å²) in [5.74, 6) is -5.10. The highest BCUT2D eigenvalue weighted by Gasteiger charge is 2.63. The fraction of sp³-hybridized carbons (Fsp3) is 0.208. The van der Waals surface area contributed by atoms with Crippen molar-refractivity contribution in [2.45, 2.75) is 29.5 Å². The van der Waals surface area contributed by atoms with Gasteiger partial charge in [-0.3, -0.25) is 5.01 Å². The predicted molar refractivity (Wildman–Crippen MR) is 128 cm³/mol. The van der Waals surface area contributed by atoms with Crippen molar-refractivity contribution >= 4 is 46.4 Å². The van der Waals surface area contributed by atoms with Crippen molar-refractivity contribution in [2.75, 3.05) is 11.3 Å². The van der Waals surface area contributed by atoms with Gasteiger partial charge in [0.1, 0.15) is 5.71 Å². The summed E-state index contributed by atoms with van der Waals surface area (Å²) in [5.41, 5.74) is 0.932. The highest BCUT2D eigenvalue weighted by atomic mass is 35.5. The zero-order valence-corrected chi connectivity index (χ0v) is 19.9. The number of hydrogen-bond donors (Lipinski definition) is 0. The number of alkyl halides is 5. The lowest BCUT2D eigenvalue weighted by Crippen LogP contribution is -2.43. The molecule has 1 atom stereocenters. The van der Waals surface area contributed by atoms with E-state index >= 15 is 0 Å². The van der Waals surface area contributed by atoms with Crippen molar-refractivity contribution in [1.82, 2.24) is 0 Å². The molecule has 0 N–H and O–H groups in total. The molecule has 1 aliphatic heterocycles. The first-order valence-electron chi connectivity index (χ1n) is 10.0. The Morgan fingerprint density at radius 1 is 0.882 bits per heavy atom. The normalized spacial score (nSPS) is 16.6. The summed E-state index contributed by atoms with van der Waals surface area (Å²) in [5, 5.41) is 4.94. The Hall–Kier alpha value is -2.29. The molecule has 0 amide bonds. The summed E-state index contributed by atoms with van der Waals surface area (Å²) >= 11 is 14.1. The Kier molecular flexibility index (Phi) is 6.86. The maximum atomic E-state index is 14.3. The van der Waals surface area contributed by atoms with E-state index in [0.29, 0.717) is 5.56 Å². The van der Waals surface area contributed by atoms with Gasteiger partial charge in [0, 0.05) is 11.3 Å². The molecule has 1 aliphatic rings. The van der Waals surface area contributed by atoms with Gasteiger partial charge in [-0.2, -0.15) is 27.1 Å². The summed E-state index contributed by atoms with van der Waals surface area (Å²) in [4.78, 5) is 1.07. The molecule has 1 unspecified atom stereocenters. The lowest BCUT2D eigenvalue weighted by atomic mass is 9.95. The van der Waals surface area contributed by atoms with E-state index in [4.69, 9.17) is 23.2 Å². The van der Waals surface area contributed by atoms with Crippen LogP contribution >= 0.6 is 35.0 Å². The molecule has 0 spiro atoms. The van der Waals surface area contributed by atoms with Crippen LogP contribution in [0.25, 0.3) is 11.1 Å². The van der Waals surface area contributed by atoms with Gasteiger partial charge in [-0.15, -0.1) is 11.8 Å². The number of benzene rings is 3. The predicted octanol–water partition coefficient (Wildman–Crippen LogP) is 8.89. The van der Waals surface area contributed by atoms with Gasteiger partial charge in [0.2, 0.25) is 0 Å². The highest BCUT2D eigenvalue weighted by Crippen LogP contribution is 2.47. The quantitative estimate of drug-likeness (QED) is 0.241. The minimum Gasteiger partial charge on any atom is -0.254 e. The van der Waals surface area contributed by atoms with E-state index in [9.17, 15) is 22.0 Å². The van der Waals surface area contributed by atoms with E-state index in [1.54, 1.807) is 36.0 Å². The summed E-state index contributed by atoms with van der Waals surface area (Å²) in [6.07, 6.45) is -4.47. The van der Waals surface area contributed by atoms with E-state index in [1.807, 2.05) is 36.6 Å². The third kappa shape index (κ3) is 4.63. The number of hydrogen-bond acceptors (Lipinski definition) is 3. The first kappa shape index (κ1) is 24.8. The summed E-state index contributed by atoms with van der Waals surface area (Å²) in [6, 6.07) is 18.2. The molecule has 0 radical (unpaired) electrons. The SMILES string of the molecule is CSc1ccc(-c2cccc(C3CC(C(F)(F)C(F)(F)F)=NN3c3c(Cl)cccc3Cl)c2)cc1. The van der Waals surface area contributed by atoms with Gasteiger partial charge in [0.05, 0.1) is 21.8 Å². The van der Waals surface area contributed by atoms with E-state index in [2.05, 4.69) is 5.10 Å². The number of thioether (sulfide) groups is 1. The van der Waals surface area contributed by atoms with Gasteiger partial charge in [0.15, 0.2) is 0 Å². The Balaban J connectivity index is 1.80. The van der Waals surface area contributed by atoms with Crippen LogP contribution < -0.4 is 5.01 Å². The van der Waals surface area contributed by atoms with E-state index in [1.165, 1.54) is 12.1 Å². The molecule has 3 aromatic carbocycles. The minimum absolute atomic E-state index is 0.0681. The van der Waals surface area contributed by atoms with Crippen LogP contribution in [0.4, 0.5) is 27.6 Å². The monoisotopic (exact) mass is 530 g/mol. The van der Waals surface area contributed by atoms with Crippen molar-refractivity contribution in [3.63, 3.8) is 0 Å². The van der Waals surface area contributed by atoms with Crippen LogP contribution in [0.1, 0.15) is 18.0 Å². The molecule has 0 saturated heterocycles. The van der Waals surface area contributed by atoms with Crippen LogP contribution in [-0.4, -0.2) is 24.1 Å². The number of para-hydroxylation sites is 1. The fourth-order valence-electron chi connectivity index (χ4n) is 3.75. The molecule has 178 valence electrons. The smallest absolute Gasteiger partial charge is 0.254 e. The van der Waals surface area contributed by atoms with Gasteiger partial charge in [0.25, 0.3) is 0 Å². The Labute approximate surface area is 207 Å². The maximum Gasteiger partial charge on any atom is 0.459 e. The molecular formula is C24H17Cl2F5N2S. The van der Waals surface area contributed by atoms with Gasteiger partial charge in [-0.1, -0.05) is 59.6 Å². The Morgan fingerprint density at radius 2 is 1.50 bits per heavy atom. The van der Waals surface area contributed by atoms with Crippen LogP contribution in [0.3, 0.4) is 0 Å². The van der Waals surface area contributed by atoms with E-state index < -0.39 is 30.3 Å². The highest BCUT2D eigenvalue weighted by molar-refractivity contribution is 7.98. The fourth-order valence-corrected chi connectivity index (χ4v) is 4.73. The molecule has 0 fully saturated rings. The summed E-state index contributed by atoms with van der Waals surface area (Å²) in [7, 11) is 0.